The van der Waals surface area contributed by atoms with Gasteiger partial charge in [0.15, 0.2) is 0 Å². The molecule has 1 fully saturated rings. The molecule has 3 amide bonds. The summed E-state index contributed by atoms with van der Waals surface area (Å²) in [6, 6.07) is 26.4. The van der Waals surface area contributed by atoms with Gasteiger partial charge in [-0.3, -0.25) is 4.79 Å². The number of carbonyl (C=O) groups excluding carboxylic acids is 2. The molecule has 3 aromatic carbocycles. The van der Waals surface area contributed by atoms with Crippen LogP contribution in [0.3, 0.4) is 0 Å². The van der Waals surface area contributed by atoms with Gasteiger partial charge < -0.3 is 19.7 Å². The molecule has 0 radical (unpaired) electrons. The number of benzene rings is 3. The van der Waals surface area contributed by atoms with E-state index in [9.17, 15) is 9.59 Å². The summed E-state index contributed by atoms with van der Waals surface area (Å²) in [6.07, 6.45) is 0. The zero-order valence-corrected chi connectivity index (χ0v) is 21.8. The predicted octanol–water partition coefficient (Wildman–Crippen LogP) is 6.75. The molecule has 1 aliphatic heterocycles. The van der Waals surface area contributed by atoms with Gasteiger partial charge >= 0.3 is 6.03 Å². The first-order valence-electron chi connectivity index (χ1n) is 12.1. The minimum absolute atomic E-state index is 0.0598. The Balaban J connectivity index is 1.37. The minimum Gasteiger partial charge on any atom is -0.335 e. The Hall–Kier alpha value is -3.74. The Morgan fingerprint density at radius 2 is 1.46 bits per heavy atom. The third-order valence-electron chi connectivity index (χ3n) is 6.57. The van der Waals surface area contributed by atoms with Crippen LogP contribution >= 0.6 is 23.2 Å². The highest BCUT2D eigenvalue weighted by molar-refractivity contribution is 6.32. The molecule has 37 heavy (non-hydrogen) atoms. The summed E-state index contributed by atoms with van der Waals surface area (Å²) in [5, 5.41) is 4.04. The van der Waals surface area contributed by atoms with Gasteiger partial charge in [0, 0.05) is 42.6 Å². The summed E-state index contributed by atoms with van der Waals surface area (Å²) < 4.78 is 2.04. The summed E-state index contributed by atoms with van der Waals surface area (Å²) in [5.41, 5.74) is 4.79. The molecule has 0 saturated carbocycles. The third-order valence-corrected chi connectivity index (χ3v) is 7.13. The van der Waals surface area contributed by atoms with Gasteiger partial charge in [-0.1, -0.05) is 71.7 Å². The maximum absolute atomic E-state index is 13.7. The number of rotatable bonds is 4. The number of hydrogen-bond acceptors (Lipinski definition) is 2. The first-order chi connectivity index (χ1) is 17.9. The van der Waals surface area contributed by atoms with Gasteiger partial charge in [0.05, 0.1) is 22.0 Å². The zero-order valence-electron chi connectivity index (χ0n) is 20.3. The average Bonchev–Trinajstić information content (AvgIpc) is 3.26. The number of urea groups is 1. The Morgan fingerprint density at radius 3 is 2.16 bits per heavy atom. The highest BCUT2D eigenvalue weighted by Crippen LogP contribution is 2.33. The lowest BCUT2D eigenvalue weighted by molar-refractivity contribution is 0.0671. The van der Waals surface area contributed by atoms with E-state index in [1.807, 2.05) is 72.2 Å². The molecular formula is C29H26Cl2N4O2. The van der Waals surface area contributed by atoms with E-state index >= 15 is 0 Å². The van der Waals surface area contributed by atoms with E-state index in [4.69, 9.17) is 23.2 Å². The number of piperazine rings is 1. The van der Waals surface area contributed by atoms with Crippen molar-refractivity contribution < 1.29 is 9.59 Å². The molecule has 188 valence electrons. The Bertz CT molecular complexity index is 1440. The number of halogens is 2. The second-order valence-electron chi connectivity index (χ2n) is 8.90. The average molecular weight is 533 g/mol. The lowest BCUT2D eigenvalue weighted by Gasteiger charge is -2.34. The summed E-state index contributed by atoms with van der Waals surface area (Å²) >= 11 is 12.6. The lowest BCUT2D eigenvalue weighted by Crippen LogP contribution is -2.51. The van der Waals surface area contributed by atoms with Gasteiger partial charge in [-0.25, -0.2) is 4.79 Å². The first kappa shape index (κ1) is 24.9. The SMILES string of the molecule is Cc1c(C(=O)N2CCN(C(=O)Nc3cccc(Cl)c3)CC2)cc(-c2ccccc2)n1-c1ccccc1Cl. The van der Waals surface area contributed by atoms with Crippen LogP contribution in [0.15, 0.2) is 84.9 Å². The number of aromatic nitrogens is 1. The molecule has 1 aromatic heterocycles. The van der Waals surface area contributed by atoms with Crippen molar-refractivity contribution in [3.63, 3.8) is 0 Å². The van der Waals surface area contributed by atoms with E-state index in [-0.39, 0.29) is 11.9 Å². The van der Waals surface area contributed by atoms with E-state index in [1.165, 1.54) is 0 Å². The molecule has 8 heteroatoms. The van der Waals surface area contributed by atoms with Crippen molar-refractivity contribution >= 4 is 40.8 Å². The maximum atomic E-state index is 13.7. The fourth-order valence-corrected chi connectivity index (χ4v) is 5.05. The van der Waals surface area contributed by atoms with Gasteiger partial charge in [0.25, 0.3) is 5.91 Å². The summed E-state index contributed by atoms with van der Waals surface area (Å²) in [6.45, 7) is 3.71. The highest BCUT2D eigenvalue weighted by atomic mass is 35.5. The van der Waals surface area contributed by atoms with Crippen LogP contribution in [-0.2, 0) is 0 Å². The monoisotopic (exact) mass is 532 g/mol. The standard InChI is InChI=1S/C29H26Cl2N4O2/c1-20-24(19-27(21-8-3-2-4-9-21)35(20)26-13-6-5-12-25(26)31)28(36)33-14-16-34(17-15-33)29(37)32-23-11-7-10-22(30)18-23/h2-13,18-19H,14-17H2,1H3,(H,32,37). The van der Waals surface area contributed by atoms with Gasteiger partial charge in [-0.05, 0) is 48.9 Å². The Labute approximate surface area is 226 Å². The molecule has 2 heterocycles. The molecule has 1 saturated heterocycles. The molecule has 6 nitrogen and oxygen atoms in total. The number of amides is 3. The van der Waals surface area contributed by atoms with Crippen molar-refractivity contribution in [2.75, 3.05) is 31.5 Å². The van der Waals surface area contributed by atoms with Crippen LogP contribution in [0.1, 0.15) is 16.1 Å². The molecule has 0 unspecified atom stereocenters. The van der Waals surface area contributed by atoms with Gasteiger partial charge in [0.1, 0.15) is 0 Å². The van der Waals surface area contributed by atoms with Crippen LogP contribution in [0.25, 0.3) is 16.9 Å². The third kappa shape index (κ3) is 5.22. The second kappa shape index (κ2) is 10.7. The number of nitrogens with one attached hydrogen (secondary N) is 1. The van der Waals surface area contributed by atoms with Crippen molar-refractivity contribution in [3.8, 4) is 16.9 Å². The minimum atomic E-state index is -0.207. The summed E-state index contributed by atoms with van der Waals surface area (Å²) in [7, 11) is 0. The molecule has 0 aliphatic carbocycles. The van der Waals surface area contributed by atoms with E-state index in [1.54, 1.807) is 34.1 Å². The quantitative estimate of drug-likeness (QED) is 0.316. The molecule has 0 spiro atoms. The molecule has 0 atom stereocenters. The summed E-state index contributed by atoms with van der Waals surface area (Å²) in [5.74, 6) is -0.0598. The number of hydrogen-bond donors (Lipinski definition) is 1. The zero-order chi connectivity index (χ0) is 25.9. The Kier molecular flexibility index (Phi) is 7.22. The number of carbonyl (C=O) groups is 2. The molecule has 4 aromatic rings. The molecule has 1 N–H and O–H groups in total. The normalized spacial score (nSPS) is 13.5. The second-order valence-corrected chi connectivity index (χ2v) is 9.74. The smallest absolute Gasteiger partial charge is 0.321 e. The highest BCUT2D eigenvalue weighted by Gasteiger charge is 2.28. The van der Waals surface area contributed by atoms with E-state index in [0.717, 1.165) is 22.6 Å². The number of para-hydroxylation sites is 1. The Morgan fingerprint density at radius 1 is 0.784 bits per heavy atom. The number of anilines is 1. The van der Waals surface area contributed by atoms with Crippen LogP contribution < -0.4 is 5.32 Å². The molecule has 1 aliphatic rings. The van der Waals surface area contributed by atoms with Crippen LogP contribution in [0.2, 0.25) is 10.0 Å². The molecule has 5 rings (SSSR count). The molecule has 0 bridgehead atoms. The topological polar surface area (TPSA) is 57.6 Å². The van der Waals surface area contributed by atoms with Crippen LogP contribution in [-0.4, -0.2) is 52.5 Å². The van der Waals surface area contributed by atoms with Crippen molar-refractivity contribution in [2.24, 2.45) is 0 Å². The summed E-state index contributed by atoms with van der Waals surface area (Å²) in [4.78, 5) is 29.9. The predicted molar refractivity (Wildman–Crippen MR) is 149 cm³/mol. The maximum Gasteiger partial charge on any atom is 0.321 e. The van der Waals surface area contributed by atoms with E-state index in [0.29, 0.717) is 47.5 Å². The molecular weight excluding hydrogens is 507 g/mol. The van der Waals surface area contributed by atoms with Gasteiger partial charge in [0.2, 0.25) is 0 Å². The fraction of sp³-hybridized carbons (Fsp3) is 0.172. The lowest BCUT2D eigenvalue weighted by atomic mass is 10.1. The van der Waals surface area contributed by atoms with Crippen LogP contribution in [0.4, 0.5) is 10.5 Å². The largest absolute Gasteiger partial charge is 0.335 e. The van der Waals surface area contributed by atoms with Gasteiger partial charge in [-0.15, -0.1) is 0 Å². The number of nitrogens with zero attached hydrogens (tertiary/aromatic N) is 3. The van der Waals surface area contributed by atoms with Crippen molar-refractivity contribution in [1.29, 1.82) is 0 Å². The van der Waals surface area contributed by atoms with Crippen LogP contribution in [0, 0.1) is 6.92 Å². The van der Waals surface area contributed by atoms with E-state index < -0.39 is 0 Å². The van der Waals surface area contributed by atoms with Crippen molar-refractivity contribution in [1.82, 2.24) is 14.4 Å². The van der Waals surface area contributed by atoms with Crippen molar-refractivity contribution in [2.45, 2.75) is 6.92 Å². The fourth-order valence-electron chi connectivity index (χ4n) is 4.64. The first-order valence-corrected chi connectivity index (χ1v) is 12.8. The van der Waals surface area contributed by atoms with Gasteiger partial charge in [-0.2, -0.15) is 0 Å². The van der Waals surface area contributed by atoms with Crippen molar-refractivity contribution in [3.05, 3.63) is 106 Å². The van der Waals surface area contributed by atoms with E-state index in [2.05, 4.69) is 5.32 Å². The van der Waals surface area contributed by atoms with Crippen LogP contribution in [0.5, 0.6) is 0 Å².